The number of rotatable bonds is 3. The van der Waals surface area contributed by atoms with Crippen molar-refractivity contribution in [3.05, 3.63) is 28.7 Å². The first-order chi connectivity index (χ1) is 10.2. The van der Waals surface area contributed by atoms with Crippen LogP contribution in [0.1, 0.15) is 27.7 Å². The van der Waals surface area contributed by atoms with Gasteiger partial charge in [0.05, 0.1) is 16.7 Å². The number of aromatic nitrogens is 1. The summed E-state index contributed by atoms with van der Waals surface area (Å²) in [6.45, 7) is 8.15. The van der Waals surface area contributed by atoms with Crippen LogP contribution >= 0.6 is 0 Å². The molecule has 7 heteroatoms. The topological polar surface area (TPSA) is 62.8 Å². The first kappa shape index (κ1) is 15.3. The highest BCUT2D eigenvalue weighted by molar-refractivity contribution is 6.62. The van der Waals surface area contributed by atoms with Gasteiger partial charge in [-0.05, 0) is 45.3 Å². The van der Waals surface area contributed by atoms with E-state index >= 15 is 0 Å². The molecule has 2 heterocycles. The standard InChI is InChI=1S/C15H20BNO5/c1-14(2)15(3,4)22-16(21-14)10-6-7-12-11(8-10)17(9-19-5)13(18)20-12/h6-8H,9H2,1-5H3. The second-order valence-electron chi connectivity index (χ2n) is 6.53. The van der Waals surface area contributed by atoms with Gasteiger partial charge in [0.25, 0.3) is 0 Å². The summed E-state index contributed by atoms with van der Waals surface area (Å²) >= 11 is 0. The molecule has 1 fully saturated rings. The van der Waals surface area contributed by atoms with E-state index in [0.29, 0.717) is 11.1 Å². The Bertz CT molecular complexity index is 745. The van der Waals surface area contributed by atoms with Crippen LogP contribution in [0.15, 0.2) is 27.4 Å². The van der Waals surface area contributed by atoms with E-state index in [9.17, 15) is 4.79 Å². The van der Waals surface area contributed by atoms with Gasteiger partial charge in [0.2, 0.25) is 0 Å². The monoisotopic (exact) mass is 305 g/mol. The summed E-state index contributed by atoms with van der Waals surface area (Å²) in [5.74, 6) is -0.442. The fraction of sp³-hybridized carbons (Fsp3) is 0.533. The number of oxazole rings is 1. The Morgan fingerprint density at radius 2 is 1.82 bits per heavy atom. The number of benzene rings is 1. The van der Waals surface area contributed by atoms with Gasteiger partial charge in [0.1, 0.15) is 6.73 Å². The number of nitrogens with zero attached hydrogens (tertiary/aromatic N) is 1. The second-order valence-corrected chi connectivity index (χ2v) is 6.53. The maximum atomic E-state index is 11.8. The van der Waals surface area contributed by atoms with E-state index in [4.69, 9.17) is 18.5 Å². The summed E-state index contributed by atoms with van der Waals surface area (Å²) in [5, 5.41) is 0. The molecule has 1 aromatic heterocycles. The van der Waals surface area contributed by atoms with E-state index < -0.39 is 24.1 Å². The molecule has 1 aliphatic heterocycles. The molecule has 1 aliphatic rings. The smallest absolute Gasteiger partial charge is 0.408 e. The minimum atomic E-state index is -0.476. The van der Waals surface area contributed by atoms with Crippen LogP contribution in [-0.4, -0.2) is 30.0 Å². The van der Waals surface area contributed by atoms with Gasteiger partial charge in [-0.25, -0.2) is 9.36 Å². The first-order valence-electron chi connectivity index (χ1n) is 7.23. The van der Waals surface area contributed by atoms with E-state index in [-0.39, 0.29) is 6.73 Å². The van der Waals surface area contributed by atoms with Crippen molar-refractivity contribution in [1.29, 1.82) is 0 Å². The number of hydrogen-bond donors (Lipinski definition) is 0. The number of hydrogen-bond acceptors (Lipinski definition) is 5. The summed E-state index contributed by atoms with van der Waals surface area (Å²) in [4.78, 5) is 11.8. The molecule has 1 saturated heterocycles. The van der Waals surface area contributed by atoms with Crippen molar-refractivity contribution in [1.82, 2.24) is 4.57 Å². The quantitative estimate of drug-likeness (QED) is 0.804. The molecule has 3 rings (SSSR count). The van der Waals surface area contributed by atoms with E-state index in [1.165, 1.54) is 11.7 Å². The van der Waals surface area contributed by atoms with Crippen LogP contribution in [0.3, 0.4) is 0 Å². The molecule has 0 unspecified atom stereocenters. The molecule has 118 valence electrons. The summed E-state index contributed by atoms with van der Waals surface area (Å²) in [7, 11) is 1.05. The van der Waals surface area contributed by atoms with Crippen LogP contribution in [0.25, 0.3) is 11.1 Å². The third-order valence-corrected chi connectivity index (χ3v) is 4.48. The van der Waals surface area contributed by atoms with Gasteiger partial charge >= 0.3 is 12.9 Å². The maximum Gasteiger partial charge on any atom is 0.494 e. The Kier molecular flexibility index (Phi) is 3.47. The van der Waals surface area contributed by atoms with E-state index in [1.807, 2.05) is 39.8 Å². The van der Waals surface area contributed by atoms with Crippen molar-refractivity contribution in [3.63, 3.8) is 0 Å². The van der Waals surface area contributed by atoms with Crippen LogP contribution in [0.4, 0.5) is 0 Å². The molecule has 0 atom stereocenters. The zero-order valence-electron chi connectivity index (χ0n) is 13.5. The minimum Gasteiger partial charge on any atom is -0.408 e. The SMILES string of the molecule is COCn1c(=O)oc2ccc(B3OC(C)(C)C(C)(C)O3)cc21. The molecule has 1 aromatic carbocycles. The molecule has 0 saturated carbocycles. The van der Waals surface area contributed by atoms with Gasteiger partial charge in [-0.15, -0.1) is 0 Å². The number of ether oxygens (including phenoxy) is 1. The lowest BCUT2D eigenvalue weighted by Gasteiger charge is -2.32. The zero-order chi connectivity index (χ0) is 16.1. The van der Waals surface area contributed by atoms with Crippen molar-refractivity contribution in [2.75, 3.05) is 7.11 Å². The molecule has 0 aliphatic carbocycles. The Morgan fingerprint density at radius 1 is 1.18 bits per heavy atom. The van der Waals surface area contributed by atoms with Gasteiger partial charge in [0.15, 0.2) is 5.58 Å². The lowest BCUT2D eigenvalue weighted by atomic mass is 9.79. The third kappa shape index (κ3) is 2.29. The predicted octanol–water partition coefficient (Wildman–Crippen LogP) is 1.50. The van der Waals surface area contributed by atoms with Crippen LogP contribution in [0.2, 0.25) is 0 Å². The zero-order valence-corrected chi connectivity index (χ0v) is 13.5. The molecule has 0 N–H and O–H groups in total. The van der Waals surface area contributed by atoms with Crippen LogP contribution in [-0.2, 0) is 20.8 Å². The normalized spacial score (nSPS) is 20.0. The van der Waals surface area contributed by atoms with Gasteiger partial charge < -0.3 is 18.5 Å². The van der Waals surface area contributed by atoms with Crippen molar-refractivity contribution in [3.8, 4) is 0 Å². The molecular weight excluding hydrogens is 285 g/mol. The average molecular weight is 305 g/mol. The van der Waals surface area contributed by atoms with Crippen molar-refractivity contribution in [2.45, 2.75) is 45.6 Å². The van der Waals surface area contributed by atoms with Crippen LogP contribution in [0.5, 0.6) is 0 Å². The second kappa shape index (κ2) is 4.98. The lowest BCUT2D eigenvalue weighted by Crippen LogP contribution is -2.41. The summed E-state index contributed by atoms with van der Waals surface area (Å²) in [5.41, 5.74) is 1.21. The highest BCUT2D eigenvalue weighted by Gasteiger charge is 2.51. The van der Waals surface area contributed by atoms with Crippen molar-refractivity contribution in [2.24, 2.45) is 0 Å². The Balaban J connectivity index is 2.03. The van der Waals surface area contributed by atoms with Gasteiger partial charge in [0, 0.05) is 7.11 Å². The highest BCUT2D eigenvalue weighted by atomic mass is 16.7. The molecule has 0 amide bonds. The highest BCUT2D eigenvalue weighted by Crippen LogP contribution is 2.36. The summed E-state index contributed by atoms with van der Waals surface area (Å²) < 4.78 is 23.7. The van der Waals surface area contributed by atoms with Gasteiger partial charge in [-0.3, -0.25) is 0 Å². The molecule has 22 heavy (non-hydrogen) atoms. The van der Waals surface area contributed by atoms with Crippen molar-refractivity contribution < 1.29 is 18.5 Å². The average Bonchev–Trinajstić information content (AvgIpc) is 2.84. The number of methoxy groups -OCH3 is 1. The third-order valence-electron chi connectivity index (χ3n) is 4.48. The molecule has 6 nitrogen and oxygen atoms in total. The molecular formula is C15H20BNO5. The maximum absolute atomic E-state index is 11.8. The Morgan fingerprint density at radius 3 is 2.41 bits per heavy atom. The molecule has 0 radical (unpaired) electrons. The van der Waals surface area contributed by atoms with Gasteiger partial charge in [-0.2, -0.15) is 0 Å². The van der Waals surface area contributed by atoms with E-state index in [0.717, 1.165) is 5.46 Å². The Hall–Kier alpha value is -1.57. The van der Waals surface area contributed by atoms with Crippen LogP contribution in [0, 0.1) is 0 Å². The van der Waals surface area contributed by atoms with E-state index in [1.54, 1.807) is 6.07 Å². The lowest BCUT2D eigenvalue weighted by molar-refractivity contribution is 0.00578. The molecule has 2 aromatic rings. The molecule has 0 spiro atoms. The van der Waals surface area contributed by atoms with Gasteiger partial charge in [-0.1, -0.05) is 6.07 Å². The molecule has 0 bridgehead atoms. The Labute approximate surface area is 129 Å². The summed E-state index contributed by atoms with van der Waals surface area (Å²) in [6, 6.07) is 5.45. The number of fused-ring (bicyclic) bond motifs is 1. The largest absolute Gasteiger partial charge is 0.494 e. The first-order valence-corrected chi connectivity index (χ1v) is 7.23. The van der Waals surface area contributed by atoms with Crippen molar-refractivity contribution >= 4 is 23.7 Å². The van der Waals surface area contributed by atoms with E-state index in [2.05, 4.69) is 0 Å². The fourth-order valence-corrected chi connectivity index (χ4v) is 2.46. The minimum absolute atomic E-state index is 0.138. The summed E-state index contributed by atoms with van der Waals surface area (Å²) in [6.07, 6.45) is 0. The fourth-order valence-electron chi connectivity index (χ4n) is 2.46. The van der Waals surface area contributed by atoms with Crippen LogP contribution < -0.4 is 11.2 Å². The predicted molar refractivity (Wildman–Crippen MR) is 83.2 cm³/mol.